The third-order valence-corrected chi connectivity index (χ3v) is 4.51. The molecule has 106 valence electrons. The number of aryl methyl sites for hydroxylation is 1. The first-order valence-corrected chi connectivity index (χ1v) is 7.59. The predicted octanol–water partition coefficient (Wildman–Crippen LogP) is 1.43. The van der Waals surface area contributed by atoms with Gasteiger partial charge in [-0.15, -0.1) is 0 Å². The van der Waals surface area contributed by atoms with Crippen molar-refractivity contribution in [1.82, 2.24) is 20.8 Å². The molecule has 19 heavy (non-hydrogen) atoms. The molecule has 3 unspecified atom stereocenters. The monoisotopic (exact) mass is 264 g/mol. The molecule has 1 aromatic heterocycles. The van der Waals surface area contributed by atoms with Crippen LogP contribution in [0.4, 0.5) is 0 Å². The van der Waals surface area contributed by atoms with E-state index in [-0.39, 0.29) is 0 Å². The Labute approximate surface area is 114 Å². The lowest BCUT2D eigenvalue weighted by molar-refractivity contribution is 0.321. The van der Waals surface area contributed by atoms with Crippen molar-refractivity contribution in [2.75, 3.05) is 13.1 Å². The number of hydrogen-bond donors (Lipinski definition) is 2. The van der Waals surface area contributed by atoms with Crippen molar-refractivity contribution in [1.29, 1.82) is 0 Å². The summed E-state index contributed by atoms with van der Waals surface area (Å²) in [6.07, 6.45) is 7.61. The second-order valence-corrected chi connectivity index (χ2v) is 5.84. The highest BCUT2D eigenvalue weighted by atomic mass is 16.5. The summed E-state index contributed by atoms with van der Waals surface area (Å²) < 4.78 is 4.99. The first kappa shape index (κ1) is 13.1. The molecule has 1 saturated heterocycles. The van der Waals surface area contributed by atoms with Gasteiger partial charge in [0.25, 0.3) is 0 Å². The van der Waals surface area contributed by atoms with Crippen molar-refractivity contribution < 1.29 is 4.52 Å². The van der Waals surface area contributed by atoms with E-state index in [1.54, 1.807) is 0 Å². The van der Waals surface area contributed by atoms with Gasteiger partial charge in [0, 0.05) is 32.0 Å². The smallest absolute Gasteiger partial charge is 0.223 e. The van der Waals surface area contributed by atoms with Crippen LogP contribution in [0.2, 0.25) is 0 Å². The lowest BCUT2D eigenvalue weighted by atomic mass is 9.93. The summed E-state index contributed by atoms with van der Waals surface area (Å²) in [4.78, 5) is 4.24. The lowest BCUT2D eigenvalue weighted by Crippen LogP contribution is -2.42. The van der Waals surface area contributed by atoms with Crippen molar-refractivity contribution in [2.24, 2.45) is 5.92 Å². The van der Waals surface area contributed by atoms with Crippen molar-refractivity contribution >= 4 is 0 Å². The van der Waals surface area contributed by atoms with Gasteiger partial charge in [0.05, 0.1) is 0 Å². The molecule has 1 aliphatic carbocycles. The van der Waals surface area contributed by atoms with Gasteiger partial charge in [0.15, 0.2) is 5.82 Å². The molecule has 2 aliphatic rings. The van der Waals surface area contributed by atoms with Crippen LogP contribution in [0.15, 0.2) is 4.52 Å². The Kier molecular flexibility index (Phi) is 4.13. The van der Waals surface area contributed by atoms with Crippen molar-refractivity contribution in [3.63, 3.8) is 0 Å². The Morgan fingerprint density at radius 1 is 1.32 bits per heavy atom. The first-order chi connectivity index (χ1) is 9.33. The van der Waals surface area contributed by atoms with Crippen molar-refractivity contribution in [3.05, 3.63) is 11.7 Å². The van der Waals surface area contributed by atoms with Crippen LogP contribution in [-0.4, -0.2) is 35.3 Å². The molecule has 3 rings (SSSR count). The largest absolute Gasteiger partial charge is 0.340 e. The minimum Gasteiger partial charge on any atom is -0.340 e. The summed E-state index contributed by atoms with van der Waals surface area (Å²) in [5.41, 5.74) is 0. The van der Waals surface area contributed by atoms with Gasteiger partial charge in [-0.1, -0.05) is 11.6 Å². The fraction of sp³-hybridized carbons (Fsp3) is 0.857. The molecule has 0 radical (unpaired) electrons. The zero-order valence-corrected chi connectivity index (χ0v) is 11.7. The molecule has 2 N–H and O–H groups in total. The average Bonchev–Trinajstić information content (AvgIpc) is 3.09. The number of rotatable bonds is 5. The van der Waals surface area contributed by atoms with E-state index < -0.39 is 0 Å². The van der Waals surface area contributed by atoms with Gasteiger partial charge >= 0.3 is 0 Å². The Morgan fingerprint density at radius 2 is 2.26 bits per heavy atom. The summed E-state index contributed by atoms with van der Waals surface area (Å²) in [6.45, 7) is 3.99. The second kappa shape index (κ2) is 6.01. The van der Waals surface area contributed by atoms with E-state index >= 15 is 0 Å². The topological polar surface area (TPSA) is 63.0 Å². The van der Waals surface area contributed by atoms with Gasteiger partial charge in [-0.25, -0.2) is 0 Å². The number of aromatic nitrogens is 2. The molecule has 1 saturated carbocycles. The highest BCUT2D eigenvalue weighted by molar-refractivity contribution is 4.94. The van der Waals surface area contributed by atoms with E-state index in [0.29, 0.717) is 11.9 Å². The van der Waals surface area contributed by atoms with E-state index in [4.69, 9.17) is 4.52 Å². The molecule has 5 heteroatoms. The molecule has 2 fully saturated rings. The fourth-order valence-electron chi connectivity index (χ4n) is 3.61. The van der Waals surface area contributed by atoms with Crippen LogP contribution in [-0.2, 0) is 6.42 Å². The van der Waals surface area contributed by atoms with E-state index in [0.717, 1.165) is 30.7 Å². The Bertz CT molecular complexity index is 400. The zero-order valence-electron chi connectivity index (χ0n) is 11.7. The van der Waals surface area contributed by atoms with Crippen LogP contribution in [0.1, 0.15) is 43.8 Å². The number of hydrogen-bond acceptors (Lipinski definition) is 5. The van der Waals surface area contributed by atoms with Crippen molar-refractivity contribution in [3.8, 4) is 0 Å². The van der Waals surface area contributed by atoms with Crippen molar-refractivity contribution in [2.45, 2.75) is 57.5 Å². The van der Waals surface area contributed by atoms with Crippen LogP contribution in [0.25, 0.3) is 0 Å². The van der Waals surface area contributed by atoms with E-state index in [1.165, 1.54) is 38.6 Å². The van der Waals surface area contributed by atoms with E-state index in [2.05, 4.69) is 20.8 Å². The molecule has 2 heterocycles. The molecule has 1 aliphatic heterocycles. The maximum Gasteiger partial charge on any atom is 0.223 e. The van der Waals surface area contributed by atoms with Crippen LogP contribution in [0.5, 0.6) is 0 Å². The minimum absolute atomic E-state index is 0.656. The summed E-state index contributed by atoms with van der Waals surface area (Å²) in [5.74, 6) is 2.29. The van der Waals surface area contributed by atoms with Gasteiger partial charge in [-0.3, -0.25) is 0 Å². The highest BCUT2D eigenvalue weighted by Crippen LogP contribution is 2.31. The summed E-state index contributed by atoms with van der Waals surface area (Å²) in [5, 5.41) is 11.3. The van der Waals surface area contributed by atoms with Gasteiger partial charge < -0.3 is 15.2 Å². The second-order valence-electron chi connectivity index (χ2n) is 5.84. The Hall–Kier alpha value is -0.940. The molecule has 1 aromatic rings. The van der Waals surface area contributed by atoms with E-state index in [9.17, 15) is 0 Å². The molecule has 0 amide bonds. The fourth-order valence-corrected chi connectivity index (χ4v) is 3.61. The molecule has 0 aromatic carbocycles. The highest BCUT2D eigenvalue weighted by Gasteiger charge is 2.34. The maximum atomic E-state index is 4.99. The Morgan fingerprint density at radius 3 is 3.00 bits per heavy atom. The molecular formula is C14H24N4O. The van der Waals surface area contributed by atoms with Crippen LogP contribution >= 0.6 is 0 Å². The number of nitrogens with one attached hydrogen (secondary N) is 2. The quantitative estimate of drug-likeness (QED) is 0.842. The zero-order chi connectivity index (χ0) is 13.1. The van der Waals surface area contributed by atoms with Gasteiger partial charge in [0.2, 0.25) is 5.89 Å². The van der Waals surface area contributed by atoms with Gasteiger partial charge in [-0.05, 0) is 38.1 Å². The van der Waals surface area contributed by atoms with Gasteiger partial charge in [0.1, 0.15) is 0 Å². The van der Waals surface area contributed by atoms with Crippen LogP contribution in [0, 0.1) is 12.8 Å². The SMILES string of the molecule is Cc1nc(CCNC2CCCC2C2CCCN2)no1. The normalized spacial score (nSPS) is 31.1. The van der Waals surface area contributed by atoms with E-state index in [1.807, 2.05) is 6.92 Å². The molecule has 0 bridgehead atoms. The standard InChI is InChI=1S/C14H24N4O/c1-10-17-14(18-19-10)7-9-16-12-5-2-4-11(12)13-6-3-8-15-13/h11-13,15-16H,2-9H2,1H3. The summed E-state index contributed by atoms with van der Waals surface area (Å²) in [6, 6.07) is 1.41. The van der Waals surface area contributed by atoms with Crippen LogP contribution < -0.4 is 10.6 Å². The molecule has 0 spiro atoms. The molecule has 5 nitrogen and oxygen atoms in total. The maximum absolute atomic E-state index is 4.99. The third-order valence-electron chi connectivity index (χ3n) is 4.51. The minimum atomic E-state index is 0.656. The summed E-state index contributed by atoms with van der Waals surface area (Å²) >= 11 is 0. The molecule has 3 atom stereocenters. The predicted molar refractivity (Wildman–Crippen MR) is 72.9 cm³/mol. The third kappa shape index (κ3) is 3.15. The van der Waals surface area contributed by atoms with Crippen LogP contribution in [0.3, 0.4) is 0 Å². The van der Waals surface area contributed by atoms with Gasteiger partial charge in [-0.2, -0.15) is 4.98 Å². The Balaban J connectivity index is 1.46. The number of nitrogens with zero attached hydrogens (tertiary/aromatic N) is 2. The summed E-state index contributed by atoms with van der Waals surface area (Å²) in [7, 11) is 0. The first-order valence-electron chi connectivity index (χ1n) is 7.59. The molecular weight excluding hydrogens is 240 g/mol. The lowest BCUT2D eigenvalue weighted by Gasteiger charge is -2.26. The average molecular weight is 264 g/mol.